The number of aryl methyl sites for hydroxylation is 2. The van der Waals surface area contributed by atoms with Crippen molar-refractivity contribution in [2.75, 3.05) is 0 Å². The Kier molecular flexibility index (Phi) is 5.20. The number of halogens is 1. The van der Waals surface area contributed by atoms with Crippen LogP contribution in [0.3, 0.4) is 0 Å². The van der Waals surface area contributed by atoms with Crippen LogP contribution in [0.15, 0.2) is 47.5 Å². The molecule has 0 fully saturated rings. The minimum absolute atomic E-state index is 0.107. The van der Waals surface area contributed by atoms with Crippen LogP contribution in [0, 0.1) is 12.7 Å². The van der Waals surface area contributed by atoms with Gasteiger partial charge in [0.1, 0.15) is 11.6 Å². The van der Waals surface area contributed by atoms with Crippen molar-refractivity contribution in [1.29, 1.82) is 0 Å². The van der Waals surface area contributed by atoms with Crippen molar-refractivity contribution in [3.8, 4) is 11.4 Å². The van der Waals surface area contributed by atoms with Gasteiger partial charge >= 0.3 is 0 Å². The lowest BCUT2D eigenvalue weighted by Crippen LogP contribution is -2.28. The molecule has 148 valence electrons. The van der Waals surface area contributed by atoms with Gasteiger partial charge in [-0.2, -0.15) is 0 Å². The van der Waals surface area contributed by atoms with Crippen molar-refractivity contribution in [2.24, 2.45) is 0 Å². The fourth-order valence-corrected chi connectivity index (χ4v) is 3.79. The van der Waals surface area contributed by atoms with E-state index in [1.165, 1.54) is 12.1 Å². The lowest BCUT2D eigenvalue weighted by molar-refractivity contribution is -0.121. The topological polar surface area (TPSA) is 87.7 Å². The first-order chi connectivity index (χ1) is 14.0. The number of fused-ring (bicyclic) bond motifs is 1. The van der Waals surface area contributed by atoms with Crippen LogP contribution < -0.4 is 10.9 Å². The summed E-state index contributed by atoms with van der Waals surface area (Å²) in [6.07, 6.45) is 5.27. The van der Waals surface area contributed by atoms with Crippen LogP contribution in [0.1, 0.15) is 41.3 Å². The van der Waals surface area contributed by atoms with E-state index in [0.29, 0.717) is 23.5 Å². The zero-order chi connectivity index (χ0) is 20.4. The van der Waals surface area contributed by atoms with E-state index >= 15 is 0 Å². The van der Waals surface area contributed by atoms with Gasteiger partial charge in [0.25, 0.3) is 5.56 Å². The molecule has 4 rings (SSSR count). The highest BCUT2D eigenvalue weighted by Crippen LogP contribution is 2.31. The summed E-state index contributed by atoms with van der Waals surface area (Å²) in [5.41, 5.74) is 3.57. The minimum Gasteiger partial charge on any atom is -0.349 e. The predicted molar refractivity (Wildman–Crippen MR) is 107 cm³/mol. The number of amides is 1. The van der Waals surface area contributed by atoms with Gasteiger partial charge in [-0.25, -0.2) is 9.37 Å². The number of H-pyrrole nitrogens is 1. The predicted octanol–water partition coefficient (Wildman–Crippen LogP) is 3.02. The largest absolute Gasteiger partial charge is 0.349 e. The first-order valence-electron chi connectivity index (χ1n) is 9.59. The Morgan fingerprint density at radius 1 is 1.28 bits per heavy atom. The molecule has 1 aliphatic rings. The maximum atomic E-state index is 13.3. The molecule has 1 amide bonds. The molecule has 1 atom stereocenters. The van der Waals surface area contributed by atoms with Crippen molar-refractivity contribution in [2.45, 2.75) is 38.6 Å². The number of rotatable bonds is 5. The number of hydrogen-bond donors (Lipinski definition) is 2. The van der Waals surface area contributed by atoms with E-state index < -0.39 is 0 Å². The van der Waals surface area contributed by atoms with Crippen LogP contribution in [0.4, 0.5) is 4.39 Å². The lowest BCUT2D eigenvalue weighted by Gasteiger charge is -2.14. The average Bonchev–Trinajstić information content (AvgIpc) is 3.09. The smallest absolute Gasteiger partial charge is 0.254 e. The number of aromatic amines is 1. The Balaban J connectivity index is 1.42. The third-order valence-electron chi connectivity index (χ3n) is 5.30. The highest BCUT2D eigenvalue weighted by molar-refractivity contribution is 5.77. The van der Waals surface area contributed by atoms with Gasteiger partial charge in [-0.3, -0.25) is 14.6 Å². The zero-order valence-corrected chi connectivity index (χ0v) is 16.0. The summed E-state index contributed by atoms with van der Waals surface area (Å²) in [5.74, 6) is 0.0928. The fraction of sp³-hybridized carbons (Fsp3) is 0.273. The monoisotopic (exact) mass is 392 g/mol. The third-order valence-corrected chi connectivity index (χ3v) is 5.30. The van der Waals surface area contributed by atoms with Gasteiger partial charge < -0.3 is 10.3 Å². The zero-order valence-electron chi connectivity index (χ0n) is 16.0. The van der Waals surface area contributed by atoms with Crippen LogP contribution in [0.2, 0.25) is 0 Å². The van der Waals surface area contributed by atoms with Gasteiger partial charge in [0.2, 0.25) is 5.91 Å². The van der Waals surface area contributed by atoms with Gasteiger partial charge in [-0.15, -0.1) is 0 Å². The van der Waals surface area contributed by atoms with Crippen LogP contribution in [0.5, 0.6) is 0 Å². The molecule has 6 nitrogen and oxygen atoms in total. The van der Waals surface area contributed by atoms with Gasteiger partial charge in [-0.05, 0) is 61.6 Å². The Morgan fingerprint density at radius 3 is 2.83 bits per heavy atom. The van der Waals surface area contributed by atoms with E-state index in [1.807, 2.05) is 0 Å². The van der Waals surface area contributed by atoms with E-state index in [1.54, 1.807) is 37.5 Å². The molecule has 0 bridgehead atoms. The van der Waals surface area contributed by atoms with Crippen LogP contribution in [0.25, 0.3) is 11.4 Å². The summed E-state index contributed by atoms with van der Waals surface area (Å²) in [4.78, 5) is 36.2. The van der Waals surface area contributed by atoms with Gasteiger partial charge in [0.15, 0.2) is 0 Å². The fourth-order valence-electron chi connectivity index (χ4n) is 3.79. The number of pyridine rings is 1. The number of nitrogens with one attached hydrogen (secondary N) is 2. The molecule has 3 aromatic rings. The van der Waals surface area contributed by atoms with Crippen LogP contribution in [-0.2, 0) is 17.6 Å². The number of hydrogen-bond acceptors (Lipinski definition) is 4. The maximum Gasteiger partial charge on any atom is 0.254 e. The van der Waals surface area contributed by atoms with Crippen molar-refractivity contribution < 1.29 is 9.18 Å². The SMILES string of the molecule is Cc1nc(-c2ccncc2)[nH]c(=O)c1CCC(=O)N[C@@H]1CCc2cc(F)ccc21. The summed E-state index contributed by atoms with van der Waals surface area (Å²) in [6, 6.07) is 8.12. The van der Waals surface area contributed by atoms with Crippen LogP contribution >= 0.6 is 0 Å². The molecule has 0 saturated heterocycles. The van der Waals surface area contributed by atoms with Crippen molar-refractivity contribution >= 4 is 5.91 Å². The lowest BCUT2D eigenvalue weighted by atomic mass is 10.1. The Hall–Kier alpha value is -3.35. The summed E-state index contributed by atoms with van der Waals surface area (Å²) in [6.45, 7) is 1.77. The molecule has 0 saturated carbocycles. The van der Waals surface area contributed by atoms with E-state index in [4.69, 9.17) is 0 Å². The summed E-state index contributed by atoms with van der Waals surface area (Å²) in [7, 11) is 0. The van der Waals surface area contributed by atoms with Gasteiger partial charge in [0, 0.05) is 35.6 Å². The standard InChI is InChI=1S/C22H21FN4O2/c1-13-17(22(29)27-21(25-13)14-8-10-24-11-9-14)5-7-20(28)26-19-6-2-15-12-16(23)3-4-18(15)19/h3-4,8-12,19H,2,5-7H2,1H3,(H,26,28)(H,25,27,29)/t19-/m1/s1. The van der Waals surface area contributed by atoms with E-state index in [-0.39, 0.29) is 29.7 Å². The second-order valence-electron chi connectivity index (χ2n) is 7.22. The van der Waals surface area contributed by atoms with E-state index in [0.717, 1.165) is 29.5 Å². The Labute approximate surface area is 167 Å². The van der Waals surface area contributed by atoms with E-state index in [2.05, 4.69) is 20.3 Å². The van der Waals surface area contributed by atoms with Crippen LogP contribution in [-0.4, -0.2) is 20.9 Å². The summed E-state index contributed by atoms with van der Waals surface area (Å²) in [5, 5.41) is 3.00. The van der Waals surface area contributed by atoms with Crippen molar-refractivity contribution in [3.05, 3.63) is 81.3 Å². The second-order valence-corrected chi connectivity index (χ2v) is 7.22. The summed E-state index contributed by atoms with van der Waals surface area (Å²) < 4.78 is 13.3. The Morgan fingerprint density at radius 2 is 2.07 bits per heavy atom. The highest BCUT2D eigenvalue weighted by atomic mass is 19.1. The molecule has 0 aliphatic heterocycles. The van der Waals surface area contributed by atoms with Crippen molar-refractivity contribution in [3.63, 3.8) is 0 Å². The molecule has 7 heteroatoms. The molecule has 0 unspecified atom stereocenters. The highest BCUT2D eigenvalue weighted by Gasteiger charge is 2.24. The molecule has 1 aromatic carbocycles. The molecule has 0 radical (unpaired) electrons. The minimum atomic E-state index is -0.256. The molecule has 0 spiro atoms. The molecule has 2 aromatic heterocycles. The number of benzene rings is 1. The second kappa shape index (κ2) is 7.95. The number of nitrogens with zero attached hydrogens (tertiary/aromatic N) is 2. The number of carbonyl (C=O) groups excluding carboxylic acids is 1. The summed E-state index contributed by atoms with van der Waals surface area (Å²) >= 11 is 0. The third kappa shape index (κ3) is 4.08. The van der Waals surface area contributed by atoms with Crippen molar-refractivity contribution in [1.82, 2.24) is 20.3 Å². The number of carbonyl (C=O) groups is 1. The normalized spacial score (nSPS) is 15.2. The van der Waals surface area contributed by atoms with Gasteiger partial charge in [-0.1, -0.05) is 6.07 Å². The first kappa shape index (κ1) is 19.0. The first-order valence-corrected chi connectivity index (χ1v) is 9.59. The van der Waals surface area contributed by atoms with Gasteiger partial charge in [0.05, 0.1) is 6.04 Å². The number of aromatic nitrogens is 3. The molecule has 2 N–H and O–H groups in total. The maximum absolute atomic E-state index is 13.3. The Bertz CT molecular complexity index is 1110. The quantitative estimate of drug-likeness (QED) is 0.699. The molecule has 1 aliphatic carbocycles. The molecular formula is C22H21FN4O2. The molecule has 29 heavy (non-hydrogen) atoms. The molecule has 2 heterocycles. The van der Waals surface area contributed by atoms with E-state index in [9.17, 15) is 14.0 Å². The molecular weight excluding hydrogens is 371 g/mol. The average molecular weight is 392 g/mol.